The number of halogens is 1. The molecule has 0 aliphatic rings. The fourth-order valence-electron chi connectivity index (χ4n) is 2.95. The summed E-state index contributed by atoms with van der Waals surface area (Å²) in [7, 11) is 3.41. The Bertz CT molecular complexity index is 929. The van der Waals surface area contributed by atoms with E-state index in [0.717, 1.165) is 24.0 Å². The molecular formula is C23H30IN5O2. The molecule has 2 aromatic carbocycles. The van der Waals surface area contributed by atoms with Gasteiger partial charge in [0, 0.05) is 38.6 Å². The second-order valence-electron chi connectivity index (χ2n) is 6.97. The summed E-state index contributed by atoms with van der Waals surface area (Å²) in [5.41, 5.74) is 2.43. The van der Waals surface area contributed by atoms with Crippen LogP contribution < -0.4 is 20.1 Å². The Labute approximate surface area is 200 Å². The molecule has 1 atom stereocenters. The van der Waals surface area contributed by atoms with E-state index in [1.807, 2.05) is 48.3 Å². The van der Waals surface area contributed by atoms with Gasteiger partial charge < -0.3 is 24.7 Å². The van der Waals surface area contributed by atoms with Crippen LogP contribution in [0.4, 0.5) is 0 Å². The minimum Gasteiger partial charge on any atom is -0.497 e. The van der Waals surface area contributed by atoms with Gasteiger partial charge in [-0.25, -0.2) is 4.98 Å². The Morgan fingerprint density at radius 1 is 1.10 bits per heavy atom. The topological polar surface area (TPSA) is 72.7 Å². The summed E-state index contributed by atoms with van der Waals surface area (Å²) in [6, 6.07) is 16.1. The highest BCUT2D eigenvalue weighted by molar-refractivity contribution is 14.0. The molecule has 0 amide bonds. The van der Waals surface area contributed by atoms with Crippen molar-refractivity contribution in [2.75, 3.05) is 20.7 Å². The number of aliphatic imine (C=N–C) groups is 1. The van der Waals surface area contributed by atoms with Gasteiger partial charge in [0.05, 0.1) is 20.0 Å². The van der Waals surface area contributed by atoms with Gasteiger partial charge in [0.1, 0.15) is 17.6 Å². The maximum Gasteiger partial charge on any atom is 0.191 e. The number of hydrogen-bond donors (Lipinski definition) is 2. The maximum absolute atomic E-state index is 5.94. The Balaban J connectivity index is 0.00000341. The summed E-state index contributed by atoms with van der Waals surface area (Å²) in [6.07, 6.45) is 5.55. The van der Waals surface area contributed by atoms with E-state index in [1.165, 1.54) is 11.1 Å². The first kappa shape index (κ1) is 24.5. The van der Waals surface area contributed by atoms with E-state index in [1.54, 1.807) is 20.4 Å². The lowest BCUT2D eigenvalue weighted by molar-refractivity contribution is 0.223. The molecule has 0 saturated carbocycles. The second-order valence-corrected chi connectivity index (χ2v) is 6.97. The van der Waals surface area contributed by atoms with Gasteiger partial charge in [-0.05, 0) is 30.2 Å². The molecule has 0 aliphatic heterocycles. The van der Waals surface area contributed by atoms with Crippen molar-refractivity contribution in [2.45, 2.75) is 26.1 Å². The van der Waals surface area contributed by atoms with Crippen LogP contribution in [0.2, 0.25) is 0 Å². The van der Waals surface area contributed by atoms with E-state index < -0.39 is 0 Å². The van der Waals surface area contributed by atoms with Gasteiger partial charge >= 0.3 is 0 Å². The standard InChI is InChI=1S/C23H29N5O2.HI/c1-18(30-22-6-4-5-21(13-22)29-3)14-26-23(24-2)27-15-19-7-9-20(10-8-19)16-28-12-11-25-17-28;/h4-13,17-18H,14-16H2,1-3H3,(H2,24,26,27);1H. The highest BCUT2D eigenvalue weighted by Crippen LogP contribution is 2.19. The van der Waals surface area contributed by atoms with E-state index in [0.29, 0.717) is 13.1 Å². The molecule has 7 nitrogen and oxygen atoms in total. The summed E-state index contributed by atoms with van der Waals surface area (Å²) in [5, 5.41) is 6.64. The smallest absolute Gasteiger partial charge is 0.191 e. The molecule has 1 unspecified atom stereocenters. The van der Waals surface area contributed by atoms with Crippen molar-refractivity contribution >= 4 is 29.9 Å². The zero-order valence-electron chi connectivity index (χ0n) is 18.1. The number of rotatable bonds is 9. The van der Waals surface area contributed by atoms with Crippen molar-refractivity contribution in [1.82, 2.24) is 20.2 Å². The molecule has 31 heavy (non-hydrogen) atoms. The van der Waals surface area contributed by atoms with Crippen molar-refractivity contribution in [1.29, 1.82) is 0 Å². The monoisotopic (exact) mass is 535 g/mol. The van der Waals surface area contributed by atoms with Crippen LogP contribution in [0.15, 0.2) is 72.2 Å². The molecule has 0 bridgehead atoms. The highest BCUT2D eigenvalue weighted by Gasteiger charge is 2.07. The molecule has 2 N–H and O–H groups in total. The summed E-state index contributed by atoms with van der Waals surface area (Å²) in [5.74, 6) is 2.29. The lowest BCUT2D eigenvalue weighted by Crippen LogP contribution is -2.41. The van der Waals surface area contributed by atoms with Gasteiger partial charge in [-0.1, -0.05) is 30.3 Å². The largest absolute Gasteiger partial charge is 0.497 e. The summed E-state index contributed by atoms with van der Waals surface area (Å²) >= 11 is 0. The zero-order valence-corrected chi connectivity index (χ0v) is 20.4. The second kappa shape index (κ2) is 12.8. The molecule has 0 aliphatic carbocycles. The highest BCUT2D eigenvalue weighted by atomic mass is 127. The third-order valence-electron chi connectivity index (χ3n) is 4.57. The number of nitrogens with one attached hydrogen (secondary N) is 2. The van der Waals surface area contributed by atoms with Crippen LogP contribution in [0.1, 0.15) is 18.1 Å². The summed E-state index contributed by atoms with van der Waals surface area (Å²) < 4.78 is 13.2. The first-order chi connectivity index (χ1) is 14.7. The summed E-state index contributed by atoms with van der Waals surface area (Å²) in [6.45, 7) is 4.15. The maximum atomic E-state index is 5.94. The number of imidazole rings is 1. The predicted octanol–water partition coefficient (Wildman–Crippen LogP) is 3.69. The average molecular weight is 535 g/mol. The van der Waals surface area contributed by atoms with Gasteiger partial charge in [-0.15, -0.1) is 24.0 Å². The van der Waals surface area contributed by atoms with Crippen LogP contribution >= 0.6 is 24.0 Å². The fourth-order valence-corrected chi connectivity index (χ4v) is 2.95. The molecule has 8 heteroatoms. The van der Waals surface area contributed by atoms with Gasteiger partial charge in [-0.3, -0.25) is 4.99 Å². The first-order valence-corrected chi connectivity index (χ1v) is 9.95. The third kappa shape index (κ3) is 8.12. The van der Waals surface area contributed by atoms with E-state index in [4.69, 9.17) is 9.47 Å². The van der Waals surface area contributed by atoms with Crippen molar-refractivity contribution in [3.63, 3.8) is 0 Å². The van der Waals surface area contributed by atoms with Crippen LogP contribution in [0.25, 0.3) is 0 Å². The quantitative estimate of drug-likeness (QED) is 0.249. The van der Waals surface area contributed by atoms with Crippen LogP contribution in [0.3, 0.4) is 0 Å². The number of aromatic nitrogens is 2. The lowest BCUT2D eigenvalue weighted by Gasteiger charge is -2.18. The van der Waals surface area contributed by atoms with Crippen LogP contribution in [0.5, 0.6) is 11.5 Å². The number of ether oxygens (including phenoxy) is 2. The number of nitrogens with zero attached hydrogens (tertiary/aromatic N) is 3. The molecule has 1 aromatic heterocycles. The molecule has 3 aromatic rings. The molecule has 1 heterocycles. The molecule has 3 rings (SSSR count). The van der Waals surface area contributed by atoms with Crippen LogP contribution in [-0.4, -0.2) is 42.3 Å². The van der Waals surface area contributed by atoms with E-state index in [2.05, 4.69) is 44.9 Å². The SMILES string of the molecule is CN=C(NCc1ccc(Cn2ccnc2)cc1)NCC(C)Oc1cccc(OC)c1.I. The normalized spacial score (nSPS) is 11.9. The number of benzene rings is 2. The molecular weight excluding hydrogens is 505 g/mol. The first-order valence-electron chi connectivity index (χ1n) is 9.95. The summed E-state index contributed by atoms with van der Waals surface area (Å²) in [4.78, 5) is 8.36. The third-order valence-corrected chi connectivity index (χ3v) is 4.57. The molecule has 0 fully saturated rings. The Hall–Kier alpha value is -2.75. The molecule has 166 valence electrons. The van der Waals surface area contributed by atoms with Gasteiger partial charge in [0.25, 0.3) is 0 Å². The fraction of sp³-hybridized carbons (Fsp3) is 0.304. The Morgan fingerprint density at radius 3 is 2.52 bits per heavy atom. The lowest BCUT2D eigenvalue weighted by atomic mass is 10.1. The number of guanidine groups is 1. The molecule has 0 spiro atoms. The average Bonchev–Trinajstić information content (AvgIpc) is 3.28. The Kier molecular flexibility index (Phi) is 10.2. The van der Waals surface area contributed by atoms with Gasteiger partial charge in [0.2, 0.25) is 0 Å². The Morgan fingerprint density at radius 2 is 1.84 bits per heavy atom. The van der Waals surface area contributed by atoms with Gasteiger partial charge in [-0.2, -0.15) is 0 Å². The van der Waals surface area contributed by atoms with Crippen LogP contribution in [0, 0.1) is 0 Å². The minimum absolute atomic E-state index is 0. The number of methoxy groups -OCH3 is 1. The predicted molar refractivity (Wildman–Crippen MR) is 134 cm³/mol. The van der Waals surface area contributed by atoms with Crippen molar-refractivity contribution in [3.05, 3.63) is 78.4 Å². The van der Waals surface area contributed by atoms with Crippen molar-refractivity contribution in [2.24, 2.45) is 4.99 Å². The van der Waals surface area contributed by atoms with E-state index in [9.17, 15) is 0 Å². The van der Waals surface area contributed by atoms with Crippen LogP contribution in [-0.2, 0) is 13.1 Å². The van der Waals surface area contributed by atoms with E-state index >= 15 is 0 Å². The minimum atomic E-state index is -0.0295. The van der Waals surface area contributed by atoms with E-state index in [-0.39, 0.29) is 30.1 Å². The zero-order chi connectivity index (χ0) is 21.2. The van der Waals surface area contributed by atoms with Crippen molar-refractivity contribution < 1.29 is 9.47 Å². The molecule has 0 saturated heterocycles. The van der Waals surface area contributed by atoms with Gasteiger partial charge in [0.15, 0.2) is 5.96 Å². The van der Waals surface area contributed by atoms with Crippen molar-refractivity contribution in [3.8, 4) is 11.5 Å². The number of hydrogen-bond acceptors (Lipinski definition) is 4. The molecule has 0 radical (unpaired) electrons.